The highest BCUT2D eigenvalue weighted by atomic mass is 35.5. The molecule has 0 aliphatic carbocycles. The summed E-state index contributed by atoms with van der Waals surface area (Å²) in [5.41, 5.74) is 0.565. The zero-order valence-electron chi connectivity index (χ0n) is 22.8. The molecule has 0 heterocycles. The molecule has 2 amide bonds. The smallest absolute Gasteiger partial charge is 0.264 e. The molecule has 1 N–H and O–H groups in total. The van der Waals surface area contributed by atoms with Crippen molar-refractivity contribution < 1.29 is 18.0 Å². The fourth-order valence-electron chi connectivity index (χ4n) is 4.10. The van der Waals surface area contributed by atoms with Crippen LogP contribution in [0, 0.1) is 0 Å². The van der Waals surface area contributed by atoms with Gasteiger partial charge in [0, 0.05) is 27.7 Å². The van der Waals surface area contributed by atoms with Crippen molar-refractivity contribution in [2.45, 2.75) is 57.1 Å². The second-order valence-electron chi connectivity index (χ2n) is 9.42. The first-order valence-corrected chi connectivity index (χ1v) is 15.9. The molecule has 0 fully saturated rings. The lowest BCUT2D eigenvalue weighted by Gasteiger charge is -2.34. The quantitative estimate of drug-likeness (QED) is 0.223. The third-order valence-corrected chi connectivity index (χ3v) is 9.45. The van der Waals surface area contributed by atoms with Crippen LogP contribution in [0.4, 0.5) is 5.69 Å². The van der Waals surface area contributed by atoms with Gasteiger partial charge in [0.25, 0.3) is 10.0 Å². The summed E-state index contributed by atoms with van der Waals surface area (Å²) in [5.74, 6) is -1.00. The van der Waals surface area contributed by atoms with Gasteiger partial charge in [0.1, 0.15) is 12.6 Å². The summed E-state index contributed by atoms with van der Waals surface area (Å²) in [6.07, 6.45) is 0.956. The number of halogens is 4. The molecule has 3 rings (SSSR count). The van der Waals surface area contributed by atoms with E-state index in [2.05, 4.69) is 5.32 Å². The molecular weight excluding hydrogens is 628 g/mol. The van der Waals surface area contributed by atoms with Gasteiger partial charge in [-0.05, 0) is 67.8 Å². The topological polar surface area (TPSA) is 86.8 Å². The summed E-state index contributed by atoms with van der Waals surface area (Å²) in [6, 6.07) is 15.8. The molecule has 41 heavy (non-hydrogen) atoms. The molecular formula is C29H31Cl4N3O4S. The number of hydrogen-bond acceptors (Lipinski definition) is 4. The number of carbonyl (C=O) groups excluding carboxylic acids is 2. The number of amides is 2. The van der Waals surface area contributed by atoms with Crippen LogP contribution in [0.1, 0.15) is 39.2 Å². The number of carbonyl (C=O) groups is 2. The fourth-order valence-corrected chi connectivity index (χ4v) is 6.45. The van der Waals surface area contributed by atoms with E-state index in [1.54, 1.807) is 43.3 Å². The minimum Gasteiger partial charge on any atom is -0.352 e. The van der Waals surface area contributed by atoms with Gasteiger partial charge < -0.3 is 10.2 Å². The standard InChI is InChI=1S/C29H31Cl4N3O4S/c1-4-19(3)34-29(38)26(5-2)35(17-20-11-12-21(30)15-25(20)33)28(37)18-36(27-16-22(31)13-14-24(27)32)41(39,40)23-9-7-6-8-10-23/h6-16,19,26H,4-5,17-18H2,1-3H3,(H,34,38)/t19-,26-/m0/s1. The van der Waals surface area contributed by atoms with Crippen molar-refractivity contribution in [1.82, 2.24) is 10.2 Å². The Balaban J connectivity index is 2.11. The van der Waals surface area contributed by atoms with Crippen LogP contribution in [0.25, 0.3) is 0 Å². The number of benzene rings is 3. The Hall–Kier alpha value is -2.49. The second kappa shape index (κ2) is 14.6. The molecule has 220 valence electrons. The van der Waals surface area contributed by atoms with Crippen LogP contribution in [0.15, 0.2) is 71.6 Å². The Morgan fingerprint density at radius 1 is 0.854 bits per heavy atom. The number of hydrogen-bond donors (Lipinski definition) is 1. The largest absolute Gasteiger partial charge is 0.352 e. The average Bonchev–Trinajstić information content (AvgIpc) is 2.94. The lowest BCUT2D eigenvalue weighted by molar-refractivity contribution is -0.140. The highest BCUT2D eigenvalue weighted by Gasteiger charge is 2.35. The lowest BCUT2D eigenvalue weighted by Crippen LogP contribution is -2.53. The van der Waals surface area contributed by atoms with E-state index in [1.807, 2.05) is 13.8 Å². The maximum Gasteiger partial charge on any atom is 0.264 e. The van der Waals surface area contributed by atoms with Crippen LogP contribution in [-0.2, 0) is 26.2 Å². The molecule has 3 aromatic rings. The van der Waals surface area contributed by atoms with E-state index in [4.69, 9.17) is 46.4 Å². The Bertz CT molecular complexity index is 1490. The Morgan fingerprint density at radius 2 is 1.49 bits per heavy atom. The predicted molar refractivity (Wildman–Crippen MR) is 166 cm³/mol. The van der Waals surface area contributed by atoms with Gasteiger partial charge in [-0.3, -0.25) is 13.9 Å². The van der Waals surface area contributed by atoms with Gasteiger partial charge in [0.15, 0.2) is 0 Å². The summed E-state index contributed by atoms with van der Waals surface area (Å²) < 4.78 is 28.7. The van der Waals surface area contributed by atoms with Gasteiger partial charge in [-0.2, -0.15) is 0 Å². The van der Waals surface area contributed by atoms with Crippen LogP contribution in [0.2, 0.25) is 20.1 Å². The van der Waals surface area contributed by atoms with Gasteiger partial charge in [-0.1, -0.05) is 84.5 Å². The molecule has 7 nitrogen and oxygen atoms in total. The van der Waals surface area contributed by atoms with Crippen LogP contribution in [-0.4, -0.2) is 43.8 Å². The molecule has 0 saturated heterocycles. The summed E-state index contributed by atoms with van der Waals surface area (Å²) in [6.45, 7) is 4.85. The van der Waals surface area contributed by atoms with Gasteiger partial charge in [0.05, 0.1) is 15.6 Å². The summed E-state index contributed by atoms with van der Waals surface area (Å²) in [4.78, 5) is 28.8. The zero-order valence-corrected chi connectivity index (χ0v) is 26.6. The molecule has 0 bridgehead atoms. The fraction of sp³-hybridized carbons (Fsp3) is 0.310. The van der Waals surface area contributed by atoms with Crippen LogP contribution in [0.3, 0.4) is 0 Å². The minimum atomic E-state index is -4.29. The number of nitrogens with one attached hydrogen (secondary N) is 1. The molecule has 2 atom stereocenters. The van der Waals surface area contributed by atoms with Crippen LogP contribution >= 0.6 is 46.4 Å². The molecule has 0 radical (unpaired) electrons. The number of sulfonamides is 1. The van der Waals surface area contributed by atoms with Crippen LogP contribution < -0.4 is 9.62 Å². The van der Waals surface area contributed by atoms with E-state index in [-0.39, 0.29) is 45.5 Å². The second-order valence-corrected chi connectivity index (χ2v) is 13.0. The minimum absolute atomic E-state index is 0.0259. The maximum atomic E-state index is 14.1. The van der Waals surface area contributed by atoms with Crippen molar-refractivity contribution in [3.8, 4) is 0 Å². The van der Waals surface area contributed by atoms with Gasteiger partial charge in [-0.15, -0.1) is 0 Å². The van der Waals surface area contributed by atoms with Crippen LogP contribution in [0.5, 0.6) is 0 Å². The lowest BCUT2D eigenvalue weighted by atomic mass is 10.1. The summed E-state index contributed by atoms with van der Waals surface area (Å²) in [5, 5.41) is 3.95. The first-order chi connectivity index (χ1) is 19.4. The van der Waals surface area contributed by atoms with E-state index in [1.165, 1.54) is 35.2 Å². The molecule has 0 aliphatic heterocycles. The normalized spacial score (nSPS) is 12.9. The average molecular weight is 659 g/mol. The highest BCUT2D eigenvalue weighted by molar-refractivity contribution is 7.92. The maximum absolute atomic E-state index is 14.1. The first-order valence-electron chi connectivity index (χ1n) is 13.0. The van der Waals surface area contributed by atoms with Gasteiger partial charge >= 0.3 is 0 Å². The molecule has 0 unspecified atom stereocenters. The highest BCUT2D eigenvalue weighted by Crippen LogP contribution is 2.33. The summed E-state index contributed by atoms with van der Waals surface area (Å²) >= 11 is 25.2. The van der Waals surface area contributed by atoms with Crippen molar-refractivity contribution >= 4 is 73.9 Å². The summed E-state index contributed by atoms with van der Waals surface area (Å²) in [7, 11) is -4.29. The third kappa shape index (κ3) is 8.30. The SMILES string of the molecule is CC[C@H](C)NC(=O)[C@H](CC)N(Cc1ccc(Cl)cc1Cl)C(=O)CN(c1cc(Cl)ccc1Cl)S(=O)(=O)c1ccccc1. The number of nitrogens with zero attached hydrogens (tertiary/aromatic N) is 2. The number of anilines is 1. The Kier molecular flexibility index (Phi) is 11.8. The van der Waals surface area contributed by atoms with E-state index < -0.39 is 28.5 Å². The van der Waals surface area contributed by atoms with E-state index in [0.717, 1.165) is 4.31 Å². The third-order valence-electron chi connectivity index (χ3n) is 6.53. The molecule has 0 saturated carbocycles. The van der Waals surface area contributed by atoms with Crippen molar-refractivity contribution in [3.63, 3.8) is 0 Å². The number of rotatable bonds is 12. The monoisotopic (exact) mass is 657 g/mol. The molecule has 0 aliphatic rings. The zero-order chi connectivity index (χ0) is 30.3. The van der Waals surface area contributed by atoms with Crippen molar-refractivity contribution in [2.24, 2.45) is 0 Å². The van der Waals surface area contributed by atoms with Gasteiger partial charge in [0.2, 0.25) is 11.8 Å². The van der Waals surface area contributed by atoms with E-state index >= 15 is 0 Å². The molecule has 12 heteroatoms. The van der Waals surface area contributed by atoms with Crippen molar-refractivity contribution in [2.75, 3.05) is 10.8 Å². The molecule has 0 spiro atoms. The molecule has 3 aromatic carbocycles. The van der Waals surface area contributed by atoms with E-state index in [0.29, 0.717) is 22.0 Å². The Morgan fingerprint density at radius 3 is 2.10 bits per heavy atom. The Labute approximate surface area is 261 Å². The van der Waals surface area contributed by atoms with Crippen molar-refractivity contribution in [1.29, 1.82) is 0 Å². The van der Waals surface area contributed by atoms with E-state index in [9.17, 15) is 18.0 Å². The van der Waals surface area contributed by atoms with Crippen molar-refractivity contribution in [3.05, 3.63) is 92.4 Å². The molecule has 0 aromatic heterocycles. The predicted octanol–water partition coefficient (Wildman–Crippen LogP) is 7.22. The first kappa shape index (κ1) is 33.0. The van der Waals surface area contributed by atoms with Gasteiger partial charge in [-0.25, -0.2) is 8.42 Å².